The van der Waals surface area contributed by atoms with E-state index in [9.17, 15) is 9.59 Å². The molecule has 0 saturated heterocycles. The van der Waals surface area contributed by atoms with Crippen LogP contribution >= 0.6 is 0 Å². The van der Waals surface area contributed by atoms with Crippen LogP contribution in [0.15, 0.2) is 12.1 Å². The number of aromatic nitrogens is 2. The molecule has 7 heteroatoms. The highest BCUT2D eigenvalue weighted by Crippen LogP contribution is 2.26. The predicted molar refractivity (Wildman–Crippen MR) is 79.2 cm³/mol. The highest BCUT2D eigenvalue weighted by Gasteiger charge is 2.18. The molecule has 7 nitrogen and oxygen atoms in total. The maximum absolute atomic E-state index is 11.3. The molecule has 0 aliphatic heterocycles. The van der Waals surface area contributed by atoms with Crippen LogP contribution in [0.2, 0.25) is 0 Å². The zero-order valence-corrected chi connectivity index (χ0v) is 12.6. The molecule has 0 radical (unpaired) electrons. The average Bonchev–Trinajstić information content (AvgIpc) is 2.45. The summed E-state index contributed by atoms with van der Waals surface area (Å²) in [4.78, 5) is 21.9. The minimum atomic E-state index is -0.772. The first-order valence-electron chi connectivity index (χ1n) is 6.85. The van der Waals surface area contributed by atoms with Gasteiger partial charge >= 0.3 is 5.97 Å². The van der Waals surface area contributed by atoms with Gasteiger partial charge in [0.15, 0.2) is 5.69 Å². The van der Waals surface area contributed by atoms with Gasteiger partial charge in [-0.3, -0.25) is 9.59 Å². The lowest BCUT2D eigenvalue weighted by Gasteiger charge is -2.23. The summed E-state index contributed by atoms with van der Waals surface area (Å²) in [6.45, 7) is 4.75. The molecule has 0 spiro atoms. The van der Waals surface area contributed by atoms with Crippen molar-refractivity contribution < 1.29 is 14.7 Å². The van der Waals surface area contributed by atoms with Gasteiger partial charge < -0.3 is 15.7 Å². The number of hydrogen-bond acceptors (Lipinski definition) is 5. The fourth-order valence-electron chi connectivity index (χ4n) is 1.78. The molecule has 1 aromatic rings. The number of carboxylic acids is 1. The van der Waals surface area contributed by atoms with Crippen LogP contribution in [0.5, 0.6) is 0 Å². The van der Waals surface area contributed by atoms with Crippen molar-refractivity contribution in [2.24, 2.45) is 5.41 Å². The van der Waals surface area contributed by atoms with Crippen LogP contribution in [0.1, 0.15) is 43.6 Å². The standard InChI is InChI=1S/C14H22N4O3/c1-14(2,7-6-12(19)20)8-9-16-11-5-4-10(17-18-11)13(21)15-3/h4-5H,6-9H2,1-3H3,(H,15,21)(H,16,18)(H,19,20). The van der Waals surface area contributed by atoms with Crippen LogP contribution < -0.4 is 10.6 Å². The maximum atomic E-state index is 11.3. The molecule has 1 aromatic heterocycles. The third-order valence-corrected chi connectivity index (χ3v) is 3.25. The summed E-state index contributed by atoms with van der Waals surface area (Å²) < 4.78 is 0. The lowest BCUT2D eigenvalue weighted by Crippen LogP contribution is -2.20. The highest BCUT2D eigenvalue weighted by molar-refractivity contribution is 5.91. The quantitative estimate of drug-likeness (QED) is 0.671. The van der Waals surface area contributed by atoms with Gasteiger partial charge in [-0.05, 0) is 30.4 Å². The van der Waals surface area contributed by atoms with Crippen LogP contribution in [0, 0.1) is 5.41 Å². The Morgan fingerprint density at radius 2 is 1.95 bits per heavy atom. The number of amides is 1. The van der Waals surface area contributed by atoms with Gasteiger partial charge in [-0.15, -0.1) is 10.2 Å². The molecule has 0 aromatic carbocycles. The van der Waals surface area contributed by atoms with E-state index >= 15 is 0 Å². The summed E-state index contributed by atoms with van der Waals surface area (Å²) in [7, 11) is 1.54. The summed E-state index contributed by atoms with van der Waals surface area (Å²) in [5.41, 5.74) is 0.214. The number of carbonyl (C=O) groups is 2. The van der Waals surface area contributed by atoms with Crippen molar-refractivity contribution in [2.45, 2.75) is 33.1 Å². The molecule has 0 bridgehead atoms. The van der Waals surface area contributed by atoms with E-state index in [-0.39, 0.29) is 23.4 Å². The first-order chi connectivity index (χ1) is 9.84. The van der Waals surface area contributed by atoms with E-state index in [1.807, 2.05) is 13.8 Å². The van der Waals surface area contributed by atoms with E-state index in [0.717, 1.165) is 6.42 Å². The van der Waals surface area contributed by atoms with Crippen LogP contribution in [-0.4, -0.2) is 40.8 Å². The highest BCUT2D eigenvalue weighted by atomic mass is 16.4. The molecule has 1 amide bonds. The number of nitrogens with zero attached hydrogens (tertiary/aromatic N) is 2. The van der Waals surface area contributed by atoms with E-state index in [1.54, 1.807) is 12.1 Å². The second kappa shape index (κ2) is 7.56. The Bertz CT molecular complexity index is 485. The molecular weight excluding hydrogens is 272 g/mol. The van der Waals surface area contributed by atoms with Gasteiger partial charge in [0.1, 0.15) is 5.82 Å². The Morgan fingerprint density at radius 3 is 2.48 bits per heavy atom. The first-order valence-corrected chi connectivity index (χ1v) is 6.85. The minimum Gasteiger partial charge on any atom is -0.481 e. The van der Waals surface area contributed by atoms with Crippen LogP contribution in [0.25, 0.3) is 0 Å². The molecule has 0 atom stereocenters. The van der Waals surface area contributed by atoms with E-state index < -0.39 is 5.97 Å². The van der Waals surface area contributed by atoms with Crippen molar-refractivity contribution >= 4 is 17.7 Å². The Morgan fingerprint density at radius 1 is 1.24 bits per heavy atom. The fourth-order valence-corrected chi connectivity index (χ4v) is 1.78. The van der Waals surface area contributed by atoms with Gasteiger partial charge in [0.2, 0.25) is 0 Å². The van der Waals surface area contributed by atoms with Gasteiger partial charge in [-0.2, -0.15) is 0 Å². The number of nitrogens with one attached hydrogen (secondary N) is 2. The number of anilines is 1. The molecule has 1 rings (SSSR count). The van der Waals surface area contributed by atoms with Crippen LogP contribution in [-0.2, 0) is 4.79 Å². The average molecular weight is 294 g/mol. The second-order valence-electron chi connectivity index (χ2n) is 5.62. The van der Waals surface area contributed by atoms with Gasteiger partial charge in [-0.25, -0.2) is 0 Å². The molecule has 0 saturated carbocycles. The van der Waals surface area contributed by atoms with Crippen molar-refractivity contribution in [1.82, 2.24) is 15.5 Å². The van der Waals surface area contributed by atoms with E-state index in [4.69, 9.17) is 5.11 Å². The van der Waals surface area contributed by atoms with Crippen molar-refractivity contribution in [3.8, 4) is 0 Å². The SMILES string of the molecule is CNC(=O)c1ccc(NCCC(C)(C)CCC(=O)O)nn1. The molecule has 0 unspecified atom stereocenters. The fraction of sp³-hybridized carbons (Fsp3) is 0.571. The first kappa shape index (κ1) is 16.9. The molecule has 21 heavy (non-hydrogen) atoms. The Hall–Kier alpha value is -2.18. The Balaban J connectivity index is 2.41. The van der Waals surface area contributed by atoms with Crippen molar-refractivity contribution in [3.63, 3.8) is 0 Å². The molecule has 0 fully saturated rings. The van der Waals surface area contributed by atoms with Gasteiger partial charge in [0.05, 0.1) is 0 Å². The van der Waals surface area contributed by atoms with E-state index in [0.29, 0.717) is 18.8 Å². The number of aliphatic carboxylic acids is 1. The van der Waals surface area contributed by atoms with Crippen LogP contribution in [0.4, 0.5) is 5.82 Å². The smallest absolute Gasteiger partial charge is 0.303 e. The van der Waals surface area contributed by atoms with Crippen molar-refractivity contribution in [2.75, 3.05) is 18.9 Å². The molecule has 3 N–H and O–H groups in total. The minimum absolute atomic E-state index is 0.0547. The van der Waals surface area contributed by atoms with E-state index in [1.165, 1.54) is 7.05 Å². The lowest BCUT2D eigenvalue weighted by molar-refractivity contribution is -0.137. The molecule has 116 valence electrons. The van der Waals surface area contributed by atoms with Crippen LogP contribution in [0.3, 0.4) is 0 Å². The van der Waals surface area contributed by atoms with Gasteiger partial charge in [0.25, 0.3) is 5.91 Å². The predicted octanol–water partition coefficient (Wildman–Crippen LogP) is 1.53. The number of carbonyl (C=O) groups excluding carboxylic acids is 1. The third-order valence-electron chi connectivity index (χ3n) is 3.25. The summed E-state index contributed by atoms with van der Waals surface area (Å²) in [5.74, 6) is -0.452. The summed E-state index contributed by atoms with van der Waals surface area (Å²) in [6, 6.07) is 3.30. The summed E-state index contributed by atoms with van der Waals surface area (Å²) in [6.07, 6.45) is 1.62. The molecular formula is C14H22N4O3. The normalized spacial score (nSPS) is 11.0. The van der Waals surface area contributed by atoms with Gasteiger partial charge in [-0.1, -0.05) is 13.8 Å². The molecule has 0 aliphatic rings. The molecule has 1 heterocycles. The lowest BCUT2D eigenvalue weighted by atomic mass is 9.84. The summed E-state index contributed by atoms with van der Waals surface area (Å²) >= 11 is 0. The zero-order valence-electron chi connectivity index (χ0n) is 12.6. The summed E-state index contributed by atoms with van der Waals surface area (Å²) in [5, 5.41) is 22.0. The number of hydrogen-bond donors (Lipinski definition) is 3. The Labute approximate surface area is 124 Å². The largest absolute Gasteiger partial charge is 0.481 e. The monoisotopic (exact) mass is 294 g/mol. The maximum Gasteiger partial charge on any atom is 0.303 e. The van der Waals surface area contributed by atoms with Crippen molar-refractivity contribution in [3.05, 3.63) is 17.8 Å². The van der Waals surface area contributed by atoms with E-state index in [2.05, 4.69) is 20.8 Å². The Kier molecular flexibility index (Phi) is 6.08. The zero-order chi connectivity index (χ0) is 15.9. The van der Waals surface area contributed by atoms with Crippen molar-refractivity contribution in [1.29, 1.82) is 0 Å². The van der Waals surface area contributed by atoms with Gasteiger partial charge in [0, 0.05) is 20.0 Å². The second-order valence-corrected chi connectivity index (χ2v) is 5.62. The molecule has 0 aliphatic carbocycles. The third kappa shape index (κ3) is 6.20. The number of rotatable bonds is 8. The number of carboxylic acid groups (broad SMARTS) is 1. The topological polar surface area (TPSA) is 104 Å².